The van der Waals surface area contributed by atoms with Crippen LogP contribution in [0.25, 0.3) is 0 Å². The first kappa shape index (κ1) is 14.9. The van der Waals surface area contributed by atoms with Gasteiger partial charge in [0.25, 0.3) is 0 Å². The summed E-state index contributed by atoms with van der Waals surface area (Å²) >= 11 is 5.77. The molecule has 5 heteroatoms. The Labute approximate surface area is 124 Å². The lowest BCUT2D eigenvalue weighted by Gasteiger charge is -2.10. The minimum absolute atomic E-state index is 0.279. The van der Waals surface area contributed by atoms with Crippen molar-refractivity contribution in [2.24, 2.45) is 0 Å². The van der Waals surface area contributed by atoms with Gasteiger partial charge in [-0.3, -0.25) is 9.00 Å². The molecule has 0 amide bonds. The first-order valence-electron chi connectivity index (χ1n) is 5.95. The first-order valence-corrected chi connectivity index (χ1v) is 7.54. The Morgan fingerprint density at radius 3 is 2.20 bits per heavy atom. The Balaban J connectivity index is 2.20. The van der Waals surface area contributed by atoms with Crippen molar-refractivity contribution in [1.82, 2.24) is 0 Å². The van der Waals surface area contributed by atoms with Gasteiger partial charge < -0.3 is 0 Å². The zero-order valence-electron chi connectivity index (χ0n) is 10.7. The molecule has 2 atom stereocenters. The van der Waals surface area contributed by atoms with Crippen molar-refractivity contribution in [3.05, 3.63) is 64.9 Å². The van der Waals surface area contributed by atoms with Crippen LogP contribution in [0.4, 0.5) is 4.39 Å². The molecule has 2 aromatic rings. The van der Waals surface area contributed by atoms with Crippen molar-refractivity contribution in [1.29, 1.82) is 0 Å². The summed E-state index contributed by atoms with van der Waals surface area (Å²) in [6.45, 7) is 1.59. The van der Waals surface area contributed by atoms with Gasteiger partial charge in [-0.2, -0.15) is 0 Å². The molecule has 0 saturated heterocycles. The molecule has 2 aromatic carbocycles. The summed E-state index contributed by atoms with van der Waals surface area (Å²) in [4.78, 5) is 12.7. The summed E-state index contributed by atoms with van der Waals surface area (Å²) in [6.07, 6.45) is 0. The standard InChI is InChI=1S/C15H12ClFO2S/c1-10(15(18)11-2-6-13(17)7-3-11)20(19)14-8-4-12(16)5-9-14/h2-10H,1H3. The zero-order valence-corrected chi connectivity index (χ0v) is 12.2. The van der Waals surface area contributed by atoms with E-state index in [-0.39, 0.29) is 5.78 Å². The number of hydrogen-bond acceptors (Lipinski definition) is 2. The van der Waals surface area contributed by atoms with E-state index in [1.54, 1.807) is 31.2 Å². The van der Waals surface area contributed by atoms with E-state index in [2.05, 4.69) is 0 Å². The van der Waals surface area contributed by atoms with E-state index in [4.69, 9.17) is 11.6 Å². The highest BCUT2D eigenvalue weighted by Gasteiger charge is 2.22. The van der Waals surface area contributed by atoms with Crippen LogP contribution in [0.2, 0.25) is 5.02 Å². The Morgan fingerprint density at radius 2 is 1.65 bits per heavy atom. The SMILES string of the molecule is CC(C(=O)c1ccc(F)cc1)S(=O)c1ccc(Cl)cc1. The molecule has 2 nitrogen and oxygen atoms in total. The van der Waals surface area contributed by atoms with Crippen LogP contribution in [0.5, 0.6) is 0 Å². The van der Waals surface area contributed by atoms with Crippen molar-refractivity contribution < 1.29 is 13.4 Å². The van der Waals surface area contributed by atoms with E-state index in [1.165, 1.54) is 24.3 Å². The third-order valence-electron chi connectivity index (χ3n) is 2.87. The van der Waals surface area contributed by atoms with Gasteiger partial charge in [0.05, 0.1) is 16.0 Å². The van der Waals surface area contributed by atoms with E-state index in [1.807, 2.05) is 0 Å². The fourth-order valence-corrected chi connectivity index (χ4v) is 2.99. The Bertz CT molecular complexity index is 580. The van der Waals surface area contributed by atoms with Crippen molar-refractivity contribution in [3.63, 3.8) is 0 Å². The Kier molecular flexibility index (Phi) is 4.68. The lowest BCUT2D eigenvalue weighted by molar-refractivity contribution is 0.0992. The van der Waals surface area contributed by atoms with E-state index in [0.717, 1.165) is 0 Å². The van der Waals surface area contributed by atoms with E-state index in [0.29, 0.717) is 15.5 Å². The predicted octanol–water partition coefficient (Wildman–Crippen LogP) is 3.86. The van der Waals surface area contributed by atoms with Crippen LogP contribution in [0, 0.1) is 5.82 Å². The molecule has 0 spiro atoms. The molecule has 20 heavy (non-hydrogen) atoms. The number of carbonyl (C=O) groups excluding carboxylic acids is 1. The number of rotatable bonds is 4. The van der Waals surface area contributed by atoms with Crippen molar-refractivity contribution in [2.75, 3.05) is 0 Å². The first-order chi connectivity index (χ1) is 9.49. The van der Waals surface area contributed by atoms with Gasteiger partial charge in [0.15, 0.2) is 5.78 Å². The highest BCUT2D eigenvalue weighted by molar-refractivity contribution is 7.86. The summed E-state index contributed by atoms with van der Waals surface area (Å²) in [7, 11) is -1.47. The van der Waals surface area contributed by atoms with E-state index in [9.17, 15) is 13.4 Å². The van der Waals surface area contributed by atoms with Crippen molar-refractivity contribution in [3.8, 4) is 0 Å². The van der Waals surface area contributed by atoms with Crippen LogP contribution in [0.1, 0.15) is 17.3 Å². The van der Waals surface area contributed by atoms with Gasteiger partial charge in [0.2, 0.25) is 0 Å². The maximum Gasteiger partial charge on any atom is 0.178 e. The number of hydrogen-bond donors (Lipinski definition) is 0. The van der Waals surface area contributed by atoms with Gasteiger partial charge in [0, 0.05) is 15.5 Å². The monoisotopic (exact) mass is 310 g/mol. The normalized spacial score (nSPS) is 13.8. The number of Topliss-reactive ketones (excluding diaryl/α,β-unsaturated/α-hetero) is 1. The second-order valence-electron chi connectivity index (χ2n) is 4.26. The average molecular weight is 311 g/mol. The molecule has 0 radical (unpaired) electrons. The summed E-state index contributed by atoms with van der Waals surface area (Å²) in [5, 5.41) is -0.162. The van der Waals surface area contributed by atoms with E-state index < -0.39 is 21.9 Å². The molecule has 2 rings (SSSR count). The maximum atomic E-state index is 12.8. The van der Waals surface area contributed by atoms with E-state index >= 15 is 0 Å². The second-order valence-corrected chi connectivity index (χ2v) is 6.47. The Hall–Kier alpha value is -1.52. The van der Waals surface area contributed by atoms with Gasteiger partial charge in [-0.15, -0.1) is 0 Å². The van der Waals surface area contributed by atoms with Crippen LogP contribution in [0.15, 0.2) is 53.4 Å². The summed E-state index contributed by atoms with van der Waals surface area (Å²) in [6, 6.07) is 11.7. The highest BCUT2D eigenvalue weighted by Crippen LogP contribution is 2.18. The lowest BCUT2D eigenvalue weighted by atomic mass is 10.1. The molecule has 0 aliphatic carbocycles. The molecule has 2 unspecified atom stereocenters. The van der Waals surface area contributed by atoms with Crippen molar-refractivity contribution >= 4 is 28.2 Å². The molecule has 0 aliphatic rings. The molecule has 0 heterocycles. The fourth-order valence-electron chi connectivity index (χ4n) is 1.72. The average Bonchev–Trinajstić information content (AvgIpc) is 2.46. The number of benzene rings is 2. The second kappa shape index (κ2) is 6.29. The van der Waals surface area contributed by atoms with Crippen LogP contribution in [-0.2, 0) is 10.8 Å². The molecule has 0 bridgehead atoms. The number of ketones is 1. The van der Waals surface area contributed by atoms with Crippen LogP contribution >= 0.6 is 11.6 Å². The van der Waals surface area contributed by atoms with Gasteiger partial charge in [0.1, 0.15) is 5.82 Å². The van der Waals surface area contributed by atoms with Gasteiger partial charge in [-0.1, -0.05) is 11.6 Å². The van der Waals surface area contributed by atoms with Gasteiger partial charge >= 0.3 is 0 Å². The minimum atomic E-state index is -1.47. The molecule has 0 aromatic heterocycles. The quantitative estimate of drug-likeness (QED) is 0.804. The lowest BCUT2D eigenvalue weighted by Crippen LogP contribution is -2.22. The molecule has 0 fully saturated rings. The van der Waals surface area contributed by atoms with Gasteiger partial charge in [-0.25, -0.2) is 4.39 Å². The fraction of sp³-hybridized carbons (Fsp3) is 0.133. The molecular weight excluding hydrogens is 299 g/mol. The largest absolute Gasteiger partial charge is 0.293 e. The van der Waals surface area contributed by atoms with Crippen molar-refractivity contribution in [2.45, 2.75) is 17.1 Å². The Morgan fingerprint density at radius 1 is 1.10 bits per heavy atom. The molecule has 0 aliphatic heterocycles. The number of carbonyl (C=O) groups is 1. The summed E-state index contributed by atoms with van der Waals surface area (Å²) in [5.41, 5.74) is 0.348. The van der Waals surface area contributed by atoms with Crippen LogP contribution < -0.4 is 0 Å². The highest BCUT2D eigenvalue weighted by atomic mass is 35.5. The smallest absolute Gasteiger partial charge is 0.178 e. The van der Waals surface area contributed by atoms with Gasteiger partial charge in [-0.05, 0) is 55.5 Å². The molecule has 0 N–H and O–H groups in total. The maximum absolute atomic E-state index is 12.8. The molecule has 0 saturated carbocycles. The molecular formula is C15H12ClFO2S. The minimum Gasteiger partial charge on any atom is -0.293 e. The summed E-state index contributed by atoms with van der Waals surface area (Å²) in [5.74, 6) is -0.689. The van der Waals surface area contributed by atoms with Crippen LogP contribution in [-0.4, -0.2) is 15.2 Å². The third-order valence-corrected chi connectivity index (χ3v) is 4.71. The zero-order chi connectivity index (χ0) is 14.7. The predicted molar refractivity (Wildman–Crippen MR) is 78.1 cm³/mol. The van der Waals surface area contributed by atoms with Crippen LogP contribution in [0.3, 0.4) is 0 Å². The molecule has 104 valence electrons. The number of halogens is 2. The summed E-state index contributed by atoms with van der Waals surface area (Å²) < 4.78 is 25.1. The topological polar surface area (TPSA) is 34.1 Å². The third kappa shape index (κ3) is 3.32.